The normalized spacial score (nSPS) is 15.9. The first-order chi connectivity index (χ1) is 10.9. The lowest BCUT2D eigenvalue weighted by Gasteiger charge is -2.30. The number of benzene rings is 1. The lowest BCUT2D eigenvalue weighted by Crippen LogP contribution is -2.45. The number of aromatic nitrogens is 1. The van der Waals surface area contributed by atoms with Crippen molar-refractivity contribution in [3.05, 3.63) is 59.8 Å². The fraction of sp³-hybridized carbons (Fsp3) is 0.278. The Morgan fingerprint density at radius 3 is 2.30 bits per heavy atom. The van der Waals surface area contributed by atoms with E-state index in [0.717, 1.165) is 5.56 Å². The van der Waals surface area contributed by atoms with Crippen LogP contribution in [0.1, 0.15) is 36.7 Å². The first-order valence-electron chi connectivity index (χ1n) is 7.57. The molecular weight excluding hydrogens is 288 g/mol. The van der Waals surface area contributed by atoms with E-state index in [2.05, 4.69) is 4.98 Å². The number of carbonyl (C=O) groups is 1. The van der Waals surface area contributed by atoms with E-state index in [1.165, 1.54) is 0 Å². The van der Waals surface area contributed by atoms with Gasteiger partial charge in [-0.15, -0.1) is 0 Å². The number of amidine groups is 1. The standard InChI is InChI=1S/C18H20N4O/c1-18(2,3)20-16-13-9-5-6-10-14(13)17(23)22(16)21(4)15-11-7-8-12-19-15/h5-12H,1-4H3. The van der Waals surface area contributed by atoms with E-state index >= 15 is 0 Å². The maximum atomic E-state index is 12.9. The zero-order valence-electron chi connectivity index (χ0n) is 13.8. The van der Waals surface area contributed by atoms with E-state index < -0.39 is 0 Å². The molecule has 0 fully saturated rings. The van der Waals surface area contributed by atoms with Gasteiger partial charge in [-0.25, -0.2) is 4.98 Å². The summed E-state index contributed by atoms with van der Waals surface area (Å²) in [5, 5.41) is 3.34. The summed E-state index contributed by atoms with van der Waals surface area (Å²) in [6, 6.07) is 13.2. The van der Waals surface area contributed by atoms with Crippen molar-refractivity contribution in [2.75, 3.05) is 12.1 Å². The predicted octanol–water partition coefficient (Wildman–Crippen LogP) is 3.13. The minimum Gasteiger partial charge on any atom is -0.267 e. The van der Waals surface area contributed by atoms with Gasteiger partial charge in [0.15, 0.2) is 5.84 Å². The maximum absolute atomic E-state index is 12.9. The summed E-state index contributed by atoms with van der Waals surface area (Å²) in [4.78, 5) is 22.0. The number of aliphatic imine (C=N–C) groups is 1. The monoisotopic (exact) mass is 308 g/mol. The second kappa shape index (κ2) is 5.50. The number of hydrogen-bond acceptors (Lipinski definition) is 4. The smallest absolute Gasteiger partial charge is 0.267 e. The number of anilines is 1. The predicted molar refractivity (Wildman–Crippen MR) is 91.5 cm³/mol. The summed E-state index contributed by atoms with van der Waals surface area (Å²) >= 11 is 0. The number of amides is 1. The first kappa shape index (κ1) is 15.2. The molecule has 0 saturated heterocycles. The molecule has 1 aliphatic rings. The van der Waals surface area contributed by atoms with Crippen LogP contribution >= 0.6 is 0 Å². The third kappa shape index (κ3) is 2.82. The van der Waals surface area contributed by atoms with Crippen molar-refractivity contribution in [2.24, 2.45) is 4.99 Å². The Hall–Kier alpha value is -2.69. The molecule has 5 heteroatoms. The van der Waals surface area contributed by atoms with Gasteiger partial charge in [-0.05, 0) is 39.0 Å². The van der Waals surface area contributed by atoms with Crippen LogP contribution in [0.5, 0.6) is 0 Å². The van der Waals surface area contributed by atoms with Crippen LogP contribution in [0.15, 0.2) is 53.7 Å². The van der Waals surface area contributed by atoms with E-state index in [-0.39, 0.29) is 11.4 Å². The zero-order valence-corrected chi connectivity index (χ0v) is 13.8. The Morgan fingerprint density at radius 1 is 1.04 bits per heavy atom. The summed E-state index contributed by atoms with van der Waals surface area (Å²) in [5.41, 5.74) is 1.23. The second-order valence-corrected chi connectivity index (χ2v) is 6.48. The third-order valence-electron chi connectivity index (χ3n) is 3.51. The van der Waals surface area contributed by atoms with Crippen LogP contribution in [0.25, 0.3) is 0 Å². The van der Waals surface area contributed by atoms with Crippen molar-refractivity contribution in [3.8, 4) is 0 Å². The van der Waals surface area contributed by atoms with E-state index in [1.807, 2.05) is 70.3 Å². The number of fused-ring (bicyclic) bond motifs is 1. The molecule has 1 aliphatic heterocycles. The minimum absolute atomic E-state index is 0.0863. The van der Waals surface area contributed by atoms with E-state index in [9.17, 15) is 4.79 Å². The van der Waals surface area contributed by atoms with E-state index in [1.54, 1.807) is 16.2 Å². The van der Waals surface area contributed by atoms with Crippen molar-refractivity contribution in [1.82, 2.24) is 9.99 Å². The van der Waals surface area contributed by atoms with Crippen LogP contribution in [-0.4, -0.2) is 34.3 Å². The highest BCUT2D eigenvalue weighted by Gasteiger charge is 2.37. The van der Waals surface area contributed by atoms with Crippen LogP contribution in [0.2, 0.25) is 0 Å². The highest BCUT2D eigenvalue weighted by molar-refractivity contribution is 6.24. The van der Waals surface area contributed by atoms with Crippen molar-refractivity contribution in [2.45, 2.75) is 26.3 Å². The molecule has 1 aromatic carbocycles. The Bertz CT molecular complexity index is 762. The Balaban J connectivity index is 2.12. The molecule has 0 atom stereocenters. The average molecular weight is 308 g/mol. The molecule has 1 aromatic heterocycles. The van der Waals surface area contributed by atoms with Gasteiger partial charge in [0, 0.05) is 18.8 Å². The Kier molecular flexibility index (Phi) is 3.64. The molecule has 2 aromatic rings. The van der Waals surface area contributed by atoms with Gasteiger partial charge in [-0.3, -0.25) is 14.8 Å². The SMILES string of the molecule is CN(c1ccccn1)N1C(=O)c2ccccc2C1=NC(C)(C)C. The molecule has 3 rings (SSSR count). The average Bonchev–Trinajstić information content (AvgIpc) is 2.79. The van der Waals surface area contributed by atoms with Gasteiger partial charge in [0.2, 0.25) is 0 Å². The highest BCUT2D eigenvalue weighted by atomic mass is 16.2. The van der Waals surface area contributed by atoms with Gasteiger partial charge >= 0.3 is 0 Å². The molecule has 0 radical (unpaired) electrons. The summed E-state index contributed by atoms with van der Waals surface area (Å²) in [5.74, 6) is 1.26. The highest BCUT2D eigenvalue weighted by Crippen LogP contribution is 2.28. The molecule has 118 valence electrons. The lowest BCUT2D eigenvalue weighted by atomic mass is 10.1. The summed E-state index contributed by atoms with van der Waals surface area (Å²) < 4.78 is 0. The number of pyridine rings is 1. The summed E-state index contributed by atoms with van der Waals surface area (Å²) in [6.07, 6.45) is 1.71. The molecule has 0 spiro atoms. The first-order valence-corrected chi connectivity index (χ1v) is 7.57. The van der Waals surface area contributed by atoms with Crippen molar-refractivity contribution < 1.29 is 4.79 Å². The minimum atomic E-state index is -0.295. The quantitative estimate of drug-likeness (QED) is 0.856. The number of nitrogens with zero attached hydrogens (tertiary/aromatic N) is 4. The van der Waals surface area contributed by atoms with Crippen molar-refractivity contribution in [3.63, 3.8) is 0 Å². The molecule has 1 amide bonds. The number of hydrazine groups is 1. The molecule has 23 heavy (non-hydrogen) atoms. The maximum Gasteiger partial charge on any atom is 0.279 e. The van der Waals surface area contributed by atoms with E-state index in [0.29, 0.717) is 17.2 Å². The molecule has 0 aliphatic carbocycles. The topological polar surface area (TPSA) is 48.8 Å². The summed E-state index contributed by atoms with van der Waals surface area (Å²) in [6.45, 7) is 6.05. The molecule has 0 unspecified atom stereocenters. The van der Waals surface area contributed by atoms with Crippen LogP contribution in [0.4, 0.5) is 5.82 Å². The summed E-state index contributed by atoms with van der Waals surface area (Å²) in [7, 11) is 1.82. The van der Waals surface area contributed by atoms with Gasteiger partial charge in [-0.2, -0.15) is 5.01 Å². The van der Waals surface area contributed by atoms with Gasteiger partial charge in [-0.1, -0.05) is 24.3 Å². The van der Waals surface area contributed by atoms with Crippen molar-refractivity contribution in [1.29, 1.82) is 0 Å². The molecular formula is C18H20N4O. The second-order valence-electron chi connectivity index (χ2n) is 6.48. The molecule has 0 saturated carbocycles. The zero-order chi connectivity index (χ0) is 16.6. The van der Waals surface area contributed by atoms with Gasteiger partial charge in [0.1, 0.15) is 5.82 Å². The van der Waals surface area contributed by atoms with Gasteiger partial charge in [0.25, 0.3) is 5.91 Å². The third-order valence-corrected chi connectivity index (χ3v) is 3.51. The molecule has 2 heterocycles. The van der Waals surface area contributed by atoms with Gasteiger partial charge < -0.3 is 0 Å². The van der Waals surface area contributed by atoms with Crippen LogP contribution in [0.3, 0.4) is 0 Å². The van der Waals surface area contributed by atoms with Crippen LogP contribution in [-0.2, 0) is 0 Å². The van der Waals surface area contributed by atoms with E-state index in [4.69, 9.17) is 4.99 Å². The number of carbonyl (C=O) groups excluding carboxylic acids is 1. The fourth-order valence-electron chi connectivity index (χ4n) is 2.54. The lowest BCUT2D eigenvalue weighted by molar-refractivity contribution is 0.0852. The number of rotatable bonds is 2. The van der Waals surface area contributed by atoms with Crippen LogP contribution < -0.4 is 5.01 Å². The molecule has 0 N–H and O–H groups in total. The molecule has 5 nitrogen and oxygen atoms in total. The number of hydrogen-bond donors (Lipinski definition) is 0. The van der Waals surface area contributed by atoms with Crippen LogP contribution in [0, 0.1) is 0 Å². The Morgan fingerprint density at radius 2 is 1.70 bits per heavy atom. The van der Waals surface area contributed by atoms with Gasteiger partial charge in [0.05, 0.1) is 11.1 Å². The fourth-order valence-corrected chi connectivity index (χ4v) is 2.54. The largest absolute Gasteiger partial charge is 0.279 e. The van der Waals surface area contributed by atoms with Crippen molar-refractivity contribution >= 4 is 17.6 Å². The molecule has 0 bridgehead atoms. The Labute approximate surface area is 136 Å².